The van der Waals surface area contributed by atoms with Crippen LogP contribution in [0.5, 0.6) is 5.75 Å². The van der Waals surface area contributed by atoms with Gasteiger partial charge in [0, 0.05) is 6.54 Å². The van der Waals surface area contributed by atoms with Crippen molar-refractivity contribution in [3.8, 4) is 5.75 Å². The van der Waals surface area contributed by atoms with Gasteiger partial charge in [-0.25, -0.2) is 16.1 Å². The molecule has 1 aromatic rings. The molecule has 2 rings (SSSR count). The van der Waals surface area contributed by atoms with Crippen molar-refractivity contribution < 1.29 is 9.53 Å². The highest BCUT2D eigenvalue weighted by Gasteiger charge is 2.20. The van der Waals surface area contributed by atoms with Crippen LogP contribution in [0.4, 0.5) is 4.79 Å². The predicted octanol–water partition coefficient (Wildman–Crippen LogP) is 0.942. The van der Waals surface area contributed by atoms with E-state index in [1.165, 1.54) is 18.4 Å². The SMILES string of the molecule is COc1ccc(C2CCN(CCCNNC(=O)NN)CC2)cc1. The summed E-state index contributed by atoms with van der Waals surface area (Å²) < 4.78 is 5.21. The Morgan fingerprint density at radius 3 is 2.61 bits per heavy atom. The van der Waals surface area contributed by atoms with Crippen molar-refractivity contribution in [1.82, 2.24) is 21.2 Å². The summed E-state index contributed by atoms with van der Waals surface area (Å²) in [5.74, 6) is 6.52. The molecule has 0 aliphatic carbocycles. The van der Waals surface area contributed by atoms with Gasteiger partial charge in [-0.05, 0) is 62.5 Å². The van der Waals surface area contributed by atoms with Gasteiger partial charge in [0.1, 0.15) is 5.75 Å². The number of amides is 2. The second kappa shape index (κ2) is 9.34. The molecule has 5 N–H and O–H groups in total. The molecule has 2 amide bonds. The molecule has 0 unspecified atom stereocenters. The van der Waals surface area contributed by atoms with Gasteiger partial charge in [-0.1, -0.05) is 12.1 Å². The third kappa shape index (κ3) is 5.70. The number of carbonyl (C=O) groups is 1. The fraction of sp³-hybridized carbons (Fsp3) is 0.562. The Morgan fingerprint density at radius 1 is 1.30 bits per heavy atom. The van der Waals surface area contributed by atoms with Crippen LogP contribution in [0, 0.1) is 0 Å². The largest absolute Gasteiger partial charge is 0.497 e. The molecule has 1 saturated heterocycles. The van der Waals surface area contributed by atoms with Crippen LogP contribution in [0.25, 0.3) is 0 Å². The average molecular weight is 321 g/mol. The number of nitrogens with one attached hydrogen (secondary N) is 3. The molecular weight excluding hydrogens is 294 g/mol. The quantitative estimate of drug-likeness (QED) is 0.260. The van der Waals surface area contributed by atoms with Gasteiger partial charge in [-0.2, -0.15) is 0 Å². The van der Waals surface area contributed by atoms with Gasteiger partial charge in [0.2, 0.25) is 0 Å². The molecule has 1 fully saturated rings. The topological polar surface area (TPSA) is 91.6 Å². The summed E-state index contributed by atoms with van der Waals surface area (Å²) in [6, 6.07) is 8.01. The number of hydrogen-bond acceptors (Lipinski definition) is 5. The number of carbonyl (C=O) groups excluding carboxylic acids is 1. The standard InChI is InChI=1S/C16H27N5O2/c1-23-15-5-3-13(4-6-15)14-7-11-21(12-8-14)10-2-9-18-20-16(22)19-17/h3-6,14,18H,2,7-12,17H2,1H3,(H2,19,20,22). The van der Waals surface area contributed by atoms with Crippen LogP contribution in [0.1, 0.15) is 30.7 Å². The van der Waals surface area contributed by atoms with Crippen molar-refractivity contribution in [3.05, 3.63) is 29.8 Å². The van der Waals surface area contributed by atoms with Crippen LogP contribution in [0.15, 0.2) is 24.3 Å². The molecule has 0 radical (unpaired) electrons. The van der Waals surface area contributed by atoms with E-state index >= 15 is 0 Å². The van der Waals surface area contributed by atoms with E-state index in [1.54, 1.807) is 7.11 Å². The Bertz CT molecular complexity index is 472. The third-order valence-corrected chi connectivity index (χ3v) is 4.28. The summed E-state index contributed by atoms with van der Waals surface area (Å²) in [4.78, 5) is 13.3. The minimum Gasteiger partial charge on any atom is -0.497 e. The van der Waals surface area contributed by atoms with Gasteiger partial charge in [0.15, 0.2) is 0 Å². The minimum atomic E-state index is -0.426. The van der Waals surface area contributed by atoms with Crippen molar-refractivity contribution in [2.24, 2.45) is 5.84 Å². The van der Waals surface area contributed by atoms with Gasteiger partial charge < -0.3 is 9.64 Å². The zero-order chi connectivity index (χ0) is 16.5. The lowest BCUT2D eigenvalue weighted by molar-refractivity contribution is 0.208. The predicted molar refractivity (Wildman–Crippen MR) is 89.9 cm³/mol. The van der Waals surface area contributed by atoms with E-state index < -0.39 is 6.03 Å². The van der Waals surface area contributed by atoms with Crippen LogP contribution in [-0.4, -0.2) is 44.2 Å². The van der Waals surface area contributed by atoms with E-state index in [0.717, 1.165) is 38.3 Å². The minimum absolute atomic E-state index is 0.426. The first-order valence-corrected chi connectivity index (χ1v) is 8.08. The Kier molecular flexibility index (Phi) is 7.12. The number of hydrogen-bond donors (Lipinski definition) is 4. The van der Waals surface area contributed by atoms with E-state index in [1.807, 2.05) is 17.6 Å². The Hall–Kier alpha value is -1.83. The molecule has 7 nitrogen and oxygen atoms in total. The highest BCUT2D eigenvalue weighted by molar-refractivity contribution is 5.72. The molecule has 7 heteroatoms. The van der Waals surface area contributed by atoms with Crippen LogP contribution >= 0.6 is 0 Å². The number of hydrazine groups is 2. The number of rotatable bonds is 7. The molecular formula is C16H27N5O2. The third-order valence-electron chi connectivity index (χ3n) is 4.28. The van der Waals surface area contributed by atoms with E-state index in [2.05, 4.69) is 27.9 Å². The number of ether oxygens (including phenoxy) is 1. The van der Waals surface area contributed by atoms with Crippen LogP contribution in [0.3, 0.4) is 0 Å². The molecule has 1 aromatic carbocycles. The monoisotopic (exact) mass is 321 g/mol. The zero-order valence-electron chi connectivity index (χ0n) is 13.7. The molecule has 0 spiro atoms. The molecule has 0 aromatic heterocycles. The maximum absolute atomic E-state index is 10.9. The number of nitrogens with two attached hydrogens (primary N) is 1. The maximum atomic E-state index is 10.9. The second-order valence-electron chi connectivity index (χ2n) is 5.77. The van der Waals surface area contributed by atoms with E-state index in [9.17, 15) is 4.79 Å². The van der Waals surface area contributed by atoms with Crippen molar-refractivity contribution in [2.45, 2.75) is 25.2 Å². The molecule has 0 atom stereocenters. The second-order valence-corrected chi connectivity index (χ2v) is 5.77. The summed E-state index contributed by atoms with van der Waals surface area (Å²) in [5.41, 5.74) is 8.70. The van der Waals surface area contributed by atoms with Crippen molar-refractivity contribution in [1.29, 1.82) is 0 Å². The zero-order valence-corrected chi connectivity index (χ0v) is 13.7. The molecule has 23 heavy (non-hydrogen) atoms. The first kappa shape index (κ1) is 17.5. The average Bonchev–Trinajstić information content (AvgIpc) is 2.62. The van der Waals surface area contributed by atoms with E-state index in [4.69, 9.17) is 10.6 Å². The number of urea groups is 1. The maximum Gasteiger partial charge on any atom is 0.343 e. The van der Waals surface area contributed by atoms with Crippen molar-refractivity contribution in [2.75, 3.05) is 33.3 Å². The van der Waals surface area contributed by atoms with Crippen LogP contribution in [0.2, 0.25) is 0 Å². The Labute approximate surface area is 137 Å². The van der Waals surface area contributed by atoms with Gasteiger partial charge in [0.25, 0.3) is 0 Å². The molecule has 1 aliphatic rings. The number of methoxy groups -OCH3 is 1. The molecule has 1 aliphatic heterocycles. The van der Waals surface area contributed by atoms with Gasteiger partial charge >= 0.3 is 6.03 Å². The lowest BCUT2D eigenvalue weighted by atomic mass is 9.89. The normalized spacial score (nSPS) is 16.1. The number of benzene rings is 1. The van der Waals surface area contributed by atoms with E-state index in [-0.39, 0.29) is 0 Å². The fourth-order valence-electron chi connectivity index (χ4n) is 2.94. The van der Waals surface area contributed by atoms with Gasteiger partial charge in [-0.15, -0.1) is 0 Å². The van der Waals surface area contributed by atoms with Gasteiger partial charge in [0.05, 0.1) is 7.11 Å². The Morgan fingerprint density at radius 2 is 2.00 bits per heavy atom. The first-order chi connectivity index (χ1) is 11.2. The Balaban J connectivity index is 1.62. The molecule has 128 valence electrons. The van der Waals surface area contributed by atoms with Crippen LogP contribution in [-0.2, 0) is 0 Å². The lowest BCUT2D eigenvalue weighted by Gasteiger charge is -2.32. The highest BCUT2D eigenvalue weighted by Crippen LogP contribution is 2.29. The number of nitrogens with zero attached hydrogens (tertiary/aromatic N) is 1. The summed E-state index contributed by atoms with van der Waals surface area (Å²) in [6.07, 6.45) is 3.36. The number of likely N-dealkylation sites (tertiary alicyclic amines) is 1. The molecule has 0 saturated carbocycles. The number of piperidine rings is 1. The summed E-state index contributed by atoms with van der Waals surface area (Å²) >= 11 is 0. The summed E-state index contributed by atoms with van der Waals surface area (Å²) in [6.45, 7) is 4.00. The van der Waals surface area contributed by atoms with Gasteiger partial charge in [-0.3, -0.25) is 10.9 Å². The highest BCUT2D eigenvalue weighted by atomic mass is 16.5. The summed E-state index contributed by atoms with van der Waals surface area (Å²) in [7, 11) is 1.69. The summed E-state index contributed by atoms with van der Waals surface area (Å²) in [5, 5.41) is 0. The fourth-order valence-corrected chi connectivity index (χ4v) is 2.94. The first-order valence-electron chi connectivity index (χ1n) is 8.08. The molecule has 1 heterocycles. The van der Waals surface area contributed by atoms with Crippen molar-refractivity contribution in [3.63, 3.8) is 0 Å². The molecule has 0 bridgehead atoms. The van der Waals surface area contributed by atoms with E-state index in [0.29, 0.717) is 5.92 Å². The lowest BCUT2D eigenvalue weighted by Crippen LogP contribution is -2.47. The van der Waals surface area contributed by atoms with Crippen LogP contribution < -0.4 is 26.9 Å². The smallest absolute Gasteiger partial charge is 0.343 e. The van der Waals surface area contributed by atoms with Crippen molar-refractivity contribution >= 4 is 6.03 Å².